The van der Waals surface area contributed by atoms with Gasteiger partial charge in [0, 0.05) is 48.5 Å². The SMILES string of the molecule is N#CC1(NC(=O)C[C@H]2CCCC[C@H]2C(=O)N2CCc3[nH]c4c(O)cccc4c3C2)CC1. The number of hydrogen-bond acceptors (Lipinski definition) is 4. The van der Waals surface area contributed by atoms with E-state index in [4.69, 9.17) is 0 Å². The standard InChI is InChI=1S/C24H28N4O3/c25-14-24(9-10-24)27-21(30)12-15-4-1-2-5-16(15)23(31)28-11-8-19-18(13-28)17-6-3-7-20(29)22(17)26-19/h3,6-7,15-16,26,29H,1-2,4-5,8-13H2,(H,27,30)/t15-,16-/m1/s1. The number of aromatic nitrogens is 1. The zero-order valence-electron chi connectivity index (χ0n) is 17.6. The number of amides is 2. The Morgan fingerprint density at radius 2 is 2.10 bits per heavy atom. The Bertz CT molecular complexity index is 1080. The first kappa shape index (κ1) is 19.9. The number of carbonyl (C=O) groups excluding carboxylic acids is 2. The fraction of sp³-hybridized carbons (Fsp3) is 0.542. The zero-order chi connectivity index (χ0) is 21.6. The maximum atomic E-state index is 13.5. The number of H-pyrrole nitrogens is 1. The van der Waals surface area contributed by atoms with Gasteiger partial charge in [-0.15, -0.1) is 0 Å². The van der Waals surface area contributed by atoms with E-state index in [0.717, 1.165) is 67.1 Å². The summed E-state index contributed by atoms with van der Waals surface area (Å²) in [5.41, 5.74) is 2.25. The third kappa shape index (κ3) is 3.65. The number of fused-ring (bicyclic) bond motifs is 3. The van der Waals surface area contributed by atoms with Crippen LogP contribution in [-0.4, -0.2) is 38.9 Å². The van der Waals surface area contributed by atoms with Gasteiger partial charge in [-0.05, 0) is 37.7 Å². The molecule has 2 saturated carbocycles. The average molecular weight is 421 g/mol. The number of nitriles is 1. The van der Waals surface area contributed by atoms with E-state index in [9.17, 15) is 20.0 Å². The van der Waals surface area contributed by atoms with Gasteiger partial charge in [-0.1, -0.05) is 25.0 Å². The lowest BCUT2D eigenvalue weighted by molar-refractivity contribution is -0.140. The third-order valence-electron chi connectivity index (χ3n) is 7.32. The highest BCUT2D eigenvalue weighted by Gasteiger charge is 2.45. The number of nitrogens with zero attached hydrogens (tertiary/aromatic N) is 2. The number of carbonyl (C=O) groups is 2. The summed E-state index contributed by atoms with van der Waals surface area (Å²) in [6.45, 7) is 1.18. The molecule has 7 nitrogen and oxygen atoms in total. The third-order valence-corrected chi connectivity index (χ3v) is 7.32. The Balaban J connectivity index is 1.30. The van der Waals surface area contributed by atoms with Crippen LogP contribution in [0.4, 0.5) is 0 Å². The predicted molar refractivity (Wildman–Crippen MR) is 115 cm³/mol. The maximum Gasteiger partial charge on any atom is 0.226 e. The van der Waals surface area contributed by atoms with Crippen LogP contribution < -0.4 is 5.32 Å². The molecule has 5 rings (SSSR count). The second-order valence-corrected chi connectivity index (χ2v) is 9.39. The molecule has 0 radical (unpaired) electrons. The van der Waals surface area contributed by atoms with Crippen LogP contribution in [0.5, 0.6) is 5.75 Å². The van der Waals surface area contributed by atoms with E-state index in [-0.39, 0.29) is 29.4 Å². The van der Waals surface area contributed by atoms with Crippen LogP contribution in [0.1, 0.15) is 56.2 Å². The van der Waals surface area contributed by atoms with Crippen LogP contribution in [0.25, 0.3) is 10.9 Å². The van der Waals surface area contributed by atoms with Crippen molar-refractivity contribution < 1.29 is 14.7 Å². The van der Waals surface area contributed by atoms with Crippen LogP contribution in [0.15, 0.2) is 18.2 Å². The summed E-state index contributed by atoms with van der Waals surface area (Å²) < 4.78 is 0. The van der Waals surface area contributed by atoms with Crippen LogP contribution in [0, 0.1) is 23.2 Å². The Morgan fingerprint density at radius 3 is 2.87 bits per heavy atom. The Kier molecular flexibility index (Phi) is 4.88. The molecule has 2 heterocycles. The largest absolute Gasteiger partial charge is 0.506 e. The number of rotatable bonds is 4. The molecule has 31 heavy (non-hydrogen) atoms. The average Bonchev–Trinajstić information content (AvgIpc) is 3.44. The van der Waals surface area contributed by atoms with E-state index in [1.807, 2.05) is 17.0 Å². The van der Waals surface area contributed by atoms with Gasteiger partial charge in [-0.3, -0.25) is 9.59 Å². The summed E-state index contributed by atoms with van der Waals surface area (Å²) in [5.74, 6) is 0.158. The minimum atomic E-state index is -0.657. The molecule has 0 spiro atoms. The summed E-state index contributed by atoms with van der Waals surface area (Å²) in [6.07, 6.45) is 6.24. The Labute approximate surface area is 181 Å². The molecule has 2 fully saturated rings. The highest BCUT2D eigenvalue weighted by Crippen LogP contribution is 2.38. The second-order valence-electron chi connectivity index (χ2n) is 9.39. The van der Waals surface area contributed by atoms with Gasteiger partial charge in [0.05, 0.1) is 11.6 Å². The lowest BCUT2D eigenvalue weighted by atomic mass is 9.76. The van der Waals surface area contributed by atoms with Crippen LogP contribution >= 0.6 is 0 Å². The predicted octanol–water partition coefficient (Wildman–Crippen LogP) is 3.13. The van der Waals surface area contributed by atoms with Crippen LogP contribution in [0.3, 0.4) is 0 Å². The monoisotopic (exact) mass is 420 g/mol. The smallest absolute Gasteiger partial charge is 0.226 e. The molecule has 7 heteroatoms. The van der Waals surface area contributed by atoms with Gasteiger partial charge in [0.2, 0.25) is 11.8 Å². The van der Waals surface area contributed by atoms with E-state index >= 15 is 0 Å². The van der Waals surface area contributed by atoms with E-state index < -0.39 is 5.54 Å². The molecule has 3 aliphatic rings. The fourth-order valence-corrected chi connectivity index (χ4v) is 5.37. The molecule has 2 atom stereocenters. The van der Waals surface area contributed by atoms with Crippen molar-refractivity contribution >= 4 is 22.7 Å². The summed E-state index contributed by atoms with van der Waals surface area (Å²) in [5, 5.41) is 23.2. The van der Waals surface area contributed by atoms with E-state index in [0.29, 0.717) is 19.5 Å². The molecular weight excluding hydrogens is 392 g/mol. The lowest BCUT2D eigenvalue weighted by Crippen LogP contribution is -2.44. The van der Waals surface area contributed by atoms with E-state index in [1.54, 1.807) is 6.07 Å². The number of aromatic amines is 1. The van der Waals surface area contributed by atoms with Crippen molar-refractivity contribution in [3.63, 3.8) is 0 Å². The number of phenols is 1. The number of phenolic OH excluding ortho intramolecular Hbond substituents is 1. The molecule has 0 saturated heterocycles. The first-order valence-corrected chi connectivity index (χ1v) is 11.3. The fourth-order valence-electron chi connectivity index (χ4n) is 5.37. The number of aromatic hydroxyl groups is 1. The number of nitrogens with one attached hydrogen (secondary N) is 2. The molecule has 1 aliphatic heterocycles. The van der Waals surface area contributed by atoms with Gasteiger partial charge in [0.15, 0.2) is 0 Å². The first-order valence-electron chi connectivity index (χ1n) is 11.3. The van der Waals surface area contributed by atoms with Crippen molar-refractivity contribution in [2.75, 3.05) is 6.54 Å². The summed E-state index contributed by atoms with van der Waals surface area (Å²) in [7, 11) is 0. The molecule has 3 N–H and O–H groups in total. The highest BCUT2D eigenvalue weighted by atomic mass is 16.3. The highest BCUT2D eigenvalue weighted by molar-refractivity contribution is 5.90. The molecule has 0 bridgehead atoms. The van der Waals surface area contributed by atoms with E-state index in [1.165, 1.54) is 0 Å². The van der Waals surface area contributed by atoms with Crippen LogP contribution in [0.2, 0.25) is 0 Å². The van der Waals surface area contributed by atoms with Crippen LogP contribution in [-0.2, 0) is 22.6 Å². The topological polar surface area (TPSA) is 109 Å². The van der Waals surface area contributed by atoms with Crippen molar-refractivity contribution in [1.82, 2.24) is 15.2 Å². The molecule has 2 aliphatic carbocycles. The maximum absolute atomic E-state index is 13.5. The lowest BCUT2D eigenvalue weighted by Gasteiger charge is -2.36. The summed E-state index contributed by atoms with van der Waals surface area (Å²) >= 11 is 0. The first-order chi connectivity index (χ1) is 15.0. The zero-order valence-corrected chi connectivity index (χ0v) is 17.6. The molecule has 1 aromatic heterocycles. The second kappa shape index (κ2) is 7.60. The Morgan fingerprint density at radius 1 is 1.29 bits per heavy atom. The van der Waals surface area contributed by atoms with Gasteiger partial charge in [-0.25, -0.2) is 0 Å². The molecule has 2 amide bonds. The molecule has 1 aromatic carbocycles. The number of benzene rings is 1. The molecule has 2 aromatic rings. The van der Waals surface area contributed by atoms with Crippen molar-refractivity contribution in [1.29, 1.82) is 5.26 Å². The molecular formula is C24H28N4O3. The molecule has 0 unspecified atom stereocenters. The van der Waals surface area contributed by atoms with Gasteiger partial charge in [-0.2, -0.15) is 5.26 Å². The van der Waals surface area contributed by atoms with Gasteiger partial charge in [0.1, 0.15) is 11.3 Å². The minimum absolute atomic E-state index is 0.0316. The van der Waals surface area contributed by atoms with Crippen molar-refractivity contribution in [3.8, 4) is 11.8 Å². The molecule has 162 valence electrons. The van der Waals surface area contributed by atoms with Gasteiger partial charge < -0.3 is 20.3 Å². The quantitative estimate of drug-likeness (QED) is 0.706. The van der Waals surface area contributed by atoms with Gasteiger partial charge >= 0.3 is 0 Å². The van der Waals surface area contributed by atoms with E-state index in [2.05, 4.69) is 16.4 Å². The summed E-state index contributed by atoms with van der Waals surface area (Å²) in [6, 6.07) is 7.68. The van der Waals surface area contributed by atoms with Crippen molar-refractivity contribution in [2.45, 2.75) is 63.5 Å². The number of hydrogen-bond donors (Lipinski definition) is 3. The normalized spacial score (nSPS) is 24.3. The summed E-state index contributed by atoms with van der Waals surface area (Å²) in [4.78, 5) is 31.3. The van der Waals surface area contributed by atoms with Gasteiger partial charge in [0.25, 0.3) is 0 Å². The van der Waals surface area contributed by atoms with Crippen molar-refractivity contribution in [2.24, 2.45) is 11.8 Å². The minimum Gasteiger partial charge on any atom is -0.506 e. The van der Waals surface area contributed by atoms with Crippen molar-refractivity contribution in [3.05, 3.63) is 29.5 Å². The number of para-hydroxylation sites is 1. The Hall–Kier alpha value is -3.01.